The minimum absolute atomic E-state index is 0.0228. The standard InChI is InChI=1S/C13H17NO2/c1-2-13(8-3-9-13)14-12(16)10-4-6-11(15)7-5-10/h4-7,15H,2-3,8-9H2,1H3,(H,14,16). The van der Waals surface area contributed by atoms with Gasteiger partial charge < -0.3 is 10.4 Å². The largest absolute Gasteiger partial charge is 0.508 e. The lowest BCUT2D eigenvalue weighted by atomic mass is 9.74. The van der Waals surface area contributed by atoms with Crippen LogP contribution in [0.2, 0.25) is 0 Å². The fraction of sp³-hybridized carbons (Fsp3) is 0.462. The molecular formula is C13H17NO2. The molecule has 0 radical (unpaired) electrons. The highest BCUT2D eigenvalue weighted by Crippen LogP contribution is 2.34. The van der Waals surface area contributed by atoms with Gasteiger partial charge in [0.05, 0.1) is 0 Å². The Bertz CT molecular complexity index is 374. The molecule has 1 aromatic carbocycles. The van der Waals surface area contributed by atoms with Crippen LogP contribution in [0.4, 0.5) is 0 Å². The molecule has 1 amide bonds. The highest BCUT2D eigenvalue weighted by atomic mass is 16.3. The lowest BCUT2D eigenvalue weighted by molar-refractivity contribution is 0.0820. The van der Waals surface area contributed by atoms with E-state index in [1.807, 2.05) is 0 Å². The average molecular weight is 219 g/mol. The van der Waals surface area contributed by atoms with Crippen molar-refractivity contribution in [2.45, 2.75) is 38.1 Å². The van der Waals surface area contributed by atoms with Crippen molar-refractivity contribution in [1.29, 1.82) is 0 Å². The van der Waals surface area contributed by atoms with Gasteiger partial charge in [-0.05, 0) is 49.9 Å². The van der Waals surface area contributed by atoms with Crippen molar-refractivity contribution in [2.24, 2.45) is 0 Å². The lowest BCUT2D eigenvalue weighted by Crippen LogP contribution is -2.52. The third kappa shape index (κ3) is 2.03. The molecule has 0 atom stereocenters. The zero-order chi connectivity index (χ0) is 11.6. The first-order chi connectivity index (χ1) is 7.65. The smallest absolute Gasteiger partial charge is 0.251 e. The molecule has 0 bridgehead atoms. The Hall–Kier alpha value is -1.51. The number of amides is 1. The molecular weight excluding hydrogens is 202 g/mol. The van der Waals surface area contributed by atoms with E-state index in [9.17, 15) is 4.79 Å². The van der Waals surface area contributed by atoms with Crippen LogP contribution < -0.4 is 5.32 Å². The minimum Gasteiger partial charge on any atom is -0.508 e. The number of carbonyl (C=O) groups excluding carboxylic acids is 1. The molecule has 0 aromatic heterocycles. The molecule has 1 aromatic rings. The number of benzene rings is 1. The Morgan fingerprint density at radius 1 is 1.38 bits per heavy atom. The Balaban J connectivity index is 2.05. The Morgan fingerprint density at radius 2 is 2.00 bits per heavy atom. The number of hydrogen-bond acceptors (Lipinski definition) is 2. The quantitative estimate of drug-likeness (QED) is 0.820. The van der Waals surface area contributed by atoms with Crippen LogP contribution in [0, 0.1) is 0 Å². The van der Waals surface area contributed by atoms with Crippen LogP contribution in [0.25, 0.3) is 0 Å². The van der Waals surface area contributed by atoms with Crippen molar-refractivity contribution in [2.75, 3.05) is 0 Å². The maximum Gasteiger partial charge on any atom is 0.251 e. The van der Waals surface area contributed by atoms with Crippen molar-refractivity contribution < 1.29 is 9.90 Å². The molecule has 2 rings (SSSR count). The summed E-state index contributed by atoms with van der Waals surface area (Å²) >= 11 is 0. The second kappa shape index (κ2) is 4.16. The molecule has 1 aliphatic rings. The third-order valence-corrected chi connectivity index (χ3v) is 3.50. The lowest BCUT2D eigenvalue weighted by Gasteiger charge is -2.42. The van der Waals surface area contributed by atoms with E-state index in [0.29, 0.717) is 5.56 Å². The van der Waals surface area contributed by atoms with Gasteiger partial charge >= 0.3 is 0 Å². The van der Waals surface area contributed by atoms with E-state index in [1.54, 1.807) is 12.1 Å². The molecule has 3 heteroatoms. The third-order valence-electron chi connectivity index (χ3n) is 3.50. The van der Waals surface area contributed by atoms with Gasteiger partial charge in [0.1, 0.15) is 5.75 Å². The maximum atomic E-state index is 11.9. The molecule has 1 fully saturated rings. The summed E-state index contributed by atoms with van der Waals surface area (Å²) in [5.74, 6) is 0.145. The van der Waals surface area contributed by atoms with Gasteiger partial charge in [-0.15, -0.1) is 0 Å². The predicted octanol–water partition coefficient (Wildman–Crippen LogP) is 2.45. The van der Waals surface area contributed by atoms with E-state index < -0.39 is 0 Å². The first-order valence-electron chi connectivity index (χ1n) is 5.77. The van der Waals surface area contributed by atoms with Crippen molar-refractivity contribution in [3.8, 4) is 5.75 Å². The Kier molecular flexibility index (Phi) is 2.86. The van der Waals surface area contributed by atoms with Crippen molar-refractivity contribution >= 4 is 5.91 Å². The summed E-state index contributed by atoms with van der Waals surface area (Å²) in [6.07, 6.45) is 4.33. The van der Waals surface area contributed by atoms with Gasteiger partial charge in [0.2, 0.25) is 0 Å². The van der Waals surface area contributed by atoms with E-state index in [0.717, 1.165) is 19.3 Å². The van der Waals surface area contributed by atoms with Crippen molar-refractivity contribution in [3.63, 3.8) is 0 Å². The number of aromatic hydroxyl groups is 1. The normalized spacial score (nSPS) is 17.6. The molecule has 2 N–H and O–H groups in total. The highest BCUT2D eigenvalue weighted by molar-refractivity contribution is 5.94. The van der Waals surface area contributed by atoms with Crippen LogP contribution in [-0.4, -0.2) is 16.6 Å². The molecule has 0 spiro atoms. The van der Waals surface area contributed by atoms with E-state index in [2.05, 4.69) is 12.2 Å². The van der Waals surface area contributed by atoms with Crippen LogP contribution >= 0.6 is 0 Å². The van der Waals surface area contributed by atoms with Crippen LogP contribution in [0.15, 0.2) is 24.3 Å². The summed E-state index contributed by atoms with van der Waals surface area (Å²) in [6.45, 7) is 2.11. The summed E-state index contributed by atoms with van der Waals surface area (Å²) in [4.78, 5) is 11.9. The van der Waals surface area contributed by atoms with Crippen LogP contribution in [0.5, 0.6) is 5.75 Å². The van der Waals surface area contributed by atoms with Gasteiger partial charge in [0.15, 0.2) is 0 Å². The topological polar surface area (TPSA) is 49.3 Å². The molecule has 1 saturated carbocycles. The number of carbonyl (C=O) groups is 1. The summed E-state index contributed by atoms with van der Waals surface area (Å²) < 4.78 is 0. The number of hydrogen-bond donors (Lipinski definition) is 2. The second-order valence-electron chi connectivity index (χ2n) is 4.49. The van der Waals surface area contributed by atoms with Crippen LogP contribution in [0.3, 0.4) is 0 Å². The van der Waals surface area contributed by atoms with Gasteiger partial charge in [0, 0.05) is 11.1 Å². The fourth-order valence-electron chi connectivity index (χ4n) is 2.10. The molecule has 3 nitrogen and oxygen atoms in total. The van der Waals surface area contributed by atoms with Crippen LogP contribution in [0.1, 0.15) is 43.0 Å². The van der Waals surface area contributed by atoms with Gasteiger partial charge in [-0.25, -0.2) is 0 Å². The fourth-order valence-corrected chi connectivity index (χ4v) is 2.10. The zero-order valence-electron chi connectivity index (χ0n) is 9.49. The summed E-state index contributed by atoms with van der Waals surface area (Å²) in [5.41, 5.74) is 0.632. The van der Waals surface area contributed by atoms with Gasteiger partial charge in [-0.2, -0.15) is 0 Å². The number of rotatable bonds is 3. The monoisotopic (exact) mass is 219 g/mol. The van der Waals surface area contributed by atoms with Crippen molar-refractivity contribution in [3.05, 3.63) is 29.8 Å². The molecule has 0 unspecified atom stereocenters. The molecule has 86 valence electrons. The first-order valence-corrected chi connectivity index (χ1v) is 5.77. The van der Waals surface area contributed by atoms with E-state index >= 15 is 0 Å². The Labute approximate surface area is 95.5 Å². The molecule has 0 saturated heterocycles. The minimum atomic E-state index is -0.0402. The van der Waals surface area contributed by atoms with Gasteiger partial charge in [-0.1, -0.05) is 6.92 Å². The summed E-state index contributed by atoms with van der Waals surface area (Å²) in [7, 11) is 0. The molecule has 1 aliphatic carbocycles. The second-order valence-corrected chi connectivity index (χ2v) is 4.49. The molecule has 0 aliphatic heterocycles. The van der Waals surface area contributed by atoms with Crippen molar-refractivity contribution in [1.82, 2.24) is 5.32 Å². The molecule has 0 heterocycles. The van der Waals surface area contributed by atoms with Gasteiger partial charge in [0.25, 0.3) is 5.91 Å². The molecule has 16 heavy (non-hydrogen) atoms. The number of nitrogens with one attached hydrogen (secondary N) is 1. The summed E-state index contributed by atoms with van der Waals surface area (Å²) in [5, 5.41) is 12.2. The summed E-state index contributed by atoms with van der Waals surface area (Å²) in [6, 6.07) is 6.36. The SMILES string of the molecule is CCC1(NC(=O)c2ccc(O)cc2)CCC1. The van der Waals surface area contributed by atoms with E-state index in [1.165, 1.54) is 18.6 Å². The Morgan fingerprint density at radius 3 is 2.44 bits per heavy atom. The van der Waals surface area contributed by atoms with E-state index in [-0.39, 0.29) is 17.2 Å². The maximum absolute atomic E-state index is 11.9. The average Bonchev–Trinajstić information content (AvgIpc) is 2.24. The number of phenolic OH excluding ortho intramolecular Hbond substituents is 1. The predicted molar refractivity (Wildman–Crippen MR) is 62.4 cm³/mol. The highest BCUT2D eigenvalue weighted by Gasteiger charge is 2.36. The first kappa shape index (κ1) is 11.0. The van der Waals surface area contributed by atoms with Crippen LogP contribution in [-0.2, 0) is 0 Å². The number of phenols is 1. The van der Waals surface area contributed by atoms with Gasteiger partial charge in [-0.3, -0.25) is 4.79 Å². The zero-order valence-corrected chi connectivity index (χ0v) is 9.49. The van der Waals surface area contributed by atoms with E-state index in [4.69, 9.17) is 5.11 Å².